The van der Waals surface area contributed by atoms with Crippen LogP contribution in [0.25, 0.3) is 0 Å². The fraction of sp³-hybridized carbons (Fsp3) is 0.909. The highest BCUT2D eigenvalue weighted by Gasteiger charge is 2.62. The molecule has 5 rings (SSSR count). The lowest BCUT2D eigenvalue weighted by molar-refractivity contribution is -0.141. The lowest BCUT2D eigenvalue weighted by atomic mass is 9.43. The second-order valence-corrected chi connectivity index (χ2v) is 14.9. The summed E-state index contributed by atoms with van der Waals surface area (Å²) in [6.45, 7) is 14.8. The van der Waals surface area contributed by atoms with E-state index >= 15 is 0 Å². The summed E-state index contributed by atoms with van der Waals surface area (Å²) in [5.41, 5.74) is 0.939. The standard InChI is InChI=1S/C33H57N3O/c1-23(2)8-6-9-24(3)27-10-11-28-26-21-31(35-16-7-18-36-19-17-34-22-36)30-20-25(37)12-14-33(30,5)29(26)13-15-32(27,28)4/h17,19,22-31,35,37H,6-16,18,20-21H2,1-5H3. The zero-order valence-electron chi connectivity index (χ0n) is 24.7. The minimum Gasteiger partial charge on any atom is -0.393 e. The van der Waals surface area contributed by atoms with E-state index in [1.54, 1.807) is 0 Å². The van der Waals surface area contributed by atoms with Crippen LogP contribution in [0.1, 0.15) is 112 Å². The van der Waals surface area contributed by atoms with E-state index < -0.39 is 0 Å². The highest BCUT2D eigenvalue weighted by Crippen LogP contribution is 2.68. The zero-order chi connectivity index (χ0) is 26.2. The zero-order valence-corrected chi connectivity index (χ0v) is 24.7. The number of aromatic nitrogens is 2. The highest BCUT2D eigenvalue weighted by molar-refractivity contribution is 5.12. The highest BCUT2D eigenvalue weighted by atomic mass is 16.3. The van der Waals surface area contributed by atoms with Gasteiger partial charge < -0.3 is 15.0 Å². The van der Waals surface area contributed by atoms with E-state index in [9.17, 15) is 5.11 Å². The third-order valence-electron chi connectivity index (χ3n) is 12.4. The van der Waals surface area contributed by atoms with Gasteiger partial charge in [-0.3, -0.25) is 0 Å². The van der Waals surface area contributed by atoms with Gasteiger partial charge in [-0.05, 0) is 117 Å². The van der Waals surface area contributed by atoms with Crippen LogP contribution in [0.15, 0.2) is 18.7 Å². The molecule has 4 saturated carbocycles. The molecule has 1 aromatic heterocycles. The van der Waals surface area contributed by atoms with Gasteiger partial charge in [0, 0.05) is 25.0 Å². The van der Waals surface area contributed by atoms with Crippen molar-refractivity contribution in [3.05, 3.63) is 18.7 Å². The molecule has 10 atom stereocenters. The number of hydrogen-bond donors (Lipinski definition) is 2. The number of aliphatic hydroxyl groups is 1. The van der Waals surface area contributed by atoms with Crippen molar-refractivity contribution in [1.82, 2.24) is 14.9 Å². The Morgan fingerprint density at radius 3 is 2.49 bits per heavy atom. The van der Waals surface area contributed by atoms with Crippen LogP contribution in [0, 0.1) is 52.3 Å². The largest absolute Gasteiger partial charge is 0.393 e. The van der Waals surface area contributed by atoms with Crippen LogP contribution < -0.4 is 5.32 Å². The van der Waals surface area contributed by atoms with Crippen LogP contribution in [0.2, 0.25) is 0 Å². The molecule has 0 bridgehead atoms. The van der Waals surface area contributed by atoms with Gasteiger partial charge in [0.2, 0.25) is 0 Å². The first-order chi connectivity index (χ1) is 17.7. The lowest BCUT2D eigenvalue weighted by Crippen LogP contribution is -2.61. The number of aliphatic hydroxyl groups excluding tert-OH is 1. The van der Waals surface area contributed by atoms with Gasteiger partial charge >= 0.3 is 0 Å². The molecule has 2 N–H and O–H groups in total. The summed E-state index contributed by atoms with van der Waals surface area (Å²) in [4.78, 5) is 4.20. The number of nitrogens with zero attached hydrogens (tertiary/aromatic N) is 2. The van der Waals surface area contributed by atoms with Gasteiger partial charge in [-0.2, -0.15) is 0 Å². The predicted octanol–water partition coefficient (Wildman–Crippen LogP) is 7.32. The Morgan fingerprint density at radius 1 is 0.946 bits per heavy atom. The Bertz CT molecular complexity index is 854. The van der Waals surface area contributed by atoms with E-state index in [0.29, 0.717) is 22.8 Å². The van der Waals surface area contributed by atoms with Crippen molar-refractivity contribution < 1.29 is 5.11 Å². The number of nitrogens with one attached hydrogen (secondary N) is 1. The van der Waals surface area contributed by atoms with Crippen molar-refractivity contribution in [2.75, 3.05) is 6.54 Å². The quantitative estimate of drug-likeness (QED) is 0.323. The SMILES string of the molecule is CC(C)CCCC(C)C1CCC2C3CC(NCCCn4ccnc4)C4CC(O)CCC4(C)C3CCC12C. The van der Waals surface area contributed by atoms with Gasteiger partial charge in [-0.25, -0.2) is 4.98 Å². The summed E-state index contributed by atoms with van der Waals surface area (Å²) in [5.74, 6) is 5.90. The molecule has 0 saturated heterocycles. The van der Waals surface area contributed by atoms with E-state index in [-0.39, 0.29) is 6.10 Å². The Balaban J connectivity index is 1.29. The van der Waals surface area contributed by atoms with E-state index in [4.69, 9.17) is 0 Å². The molecule has 4 aliphatic rings. The fourth-order valence-electron chi connectivity index (χ4n) is 10.5. The average Bonchev–Trinajstić information content (AvgIpc) is 3.49. The summed E-state index contributed by atoms with van der Waals surface area (Å²) in [7, 11) is 0. The molecule has 0 aliphatic heterocycles. The number of rotatable bonds is 10. The van der Waals surface area contributed by atoms with E-state index in [1.807, 2.05) is 12.5 Å². The molecule has 1 aromatic rings. The Morgan fingerprint density at radius 2 is 1.73 bits per heavy atom. The van der Waals surface area contributed by atoms with Gasteiger partial charge in [-0.15, -0.1) is 0 Å². The van der Waals surface area contributed by atoms with Crippen LogP contribution in [-0.2, 0) is 6.54 Å². The Hall–Kier alpha value is -0.870. The molecule has 4 aliphatic carbocycles. The van der Waals surface area contributed by atoms with Crippen LogP contribution in [0.3, 0.4) is 0 Å². The second kappa shape index (κ2) is 11.3. The van der Waals surface area contributed by atoms with Crippen molar-refractivity contribution in [3.63, 3.8) is 0 Å². The van der Waals surface area contributed by atoms with Crippen LogP contribution in [0.4, 0.5) is 0 Å². The molecular weight excluding hydrogens is 454 g/mol. The summed E-state index contributed by atoms with van der Waals surface area (Å²) in [6.07, 6.45) is 21.6. The van der Waals surface area contributed by atoms with Gasteiger partial charge in [0.05, 0.1) is 12.4 Å². The Kier molecular flexibility index (Phi) is 8.47. The van der Waals surface area contributed by atoms with Gasteiger partial charge in [0.15, 0.2) is 0 Å². The summed E-state index contributed by atoms with van der Waals surface area (Å²) in [6, 6.07) is 0.564. The van der Waals surface area contributed by atoms with Crippen molar-refractivity contribution >= 4 is 0 Å². The first kappa shape index (κ1) is 27.7. The van der Waals surface area contributed by atoms with Crippen molar-refractivity contribution in [2.24, 2.45) is 52.3 Å². The number of imidazole rings is 1. The normalized spacial score (nSPS) is 42.3. The van der Waals surface area contributed by atoms with Crippen molar-refractivity contribution in [2.45, 2.75) is 130 Å². The van der Waals surface area contributed by atoms with E-state index in [1.165, 1.54) is 57.8 Å². The number of fused-ring (bicyclic) bond motifs is 5. The molecule has 0 amide bonds. The van der Waals surface area contributed by atoms with Gasteiger partial charge in [0.1, 0.15) is 0 Å². The molecule has 0 radical (unpaired) electrons. The first-order valence-electron chi connectivity index (χ1n) is 16.1. The fourth-order valence-corrected chi connectivity index (χ4v) is 10.5. The first-order valence-corrected chi connectivity index (χ1v) is 16.1. The molecule has 10 unspecified atom stereocenters. The summed E-state index contributed by atoms with van der Waals surface area (Å²) >= 11 is 0. The predicted molar refractivity (Wildman–Crippen MR) is 153 cm³/mol. The maximum absolute atomic E-state index is 10.7. The average molecular weight is 512 g/mol. The third-order valence-corrected chi connectivity index (χ3v) is 12.4. The smallest absolute Gasteiger partial charge is 0.0945 e. The number of aryl methyl sites for hydroxylation is 1. The third kappa shape index (κ3) is 5.45. The lowest BCUT2D eigenvalue weighted by Gasteiger charge is -2.63. The van der Waals surface area contributed by atoms with E-state index in [0.717, 1.165) is 67.9 Å². The summed E-state index contributed by atoms with van der Waals surface area (Å²) in [5, 5.41) is 14.8. The molecule has 1 heterocycles. The van der Waals surface area contributed by atoms with Crippen LogP contribution in [0.5, 0.6) is 0 Å². The molecule has 4 heteroatoms. The molecule has 37 heavy (non-hydrogen) atoms. The van der Waals surface area contributed by atoms with E-state index in [2.05, 4.69) is 55.7 Å². The molecule has 4 nitrogen and oxygen atoms in total. The maximum atomic E-state index is 10.7. The van der Waals surface area contributed by atoms with Crippen LogP contribution >= 0.6 is 0 Å². The minimum absolute atomic E-state index is 0.0960. The monoisotopic (exact) mass is 511 g/mol. The van der Waals surface area contributed by atoms with Crippen molar-refractivity contribution in [1.29, 1.82) is 0 Å². The van der Waals surface area contributed by atoms with Crippen molar-refractivity contribution in [3.8, 4) is 0 Å². The van der Waals surface area contributed by atoms with Gasteiger partial charge in [0.25, 0.3) is 0 Å². The van der Waals surface area contributed by atoms with Gasteiger partial charge in [-0.1, -0.05) is 53.9 Å². The second-order valence-electron chi connectivity index (χ2n) is 14.9. The maximum Gasteiger partial charge on any atom is 0.0945 e. The Labute approximate surface area is 227 Å². The minimum atomic E-state index is -0.0960. The summed E-state index contributed by atoms with van der Waals surface area (Å²) < 4.78 is 2.20. The number of hydrogen-bond acceptors (Lipinski definition) is 3. The van der Waals surface area contributed by atoms with Crippen LogP contribution in [-0.4, -0.2) is 33.3 Å². The molecule has 210 valence electrons. The topological polar surface area (TPSA) is 50.1 Å². The molecule has 0 aromatic carbocycles. The molecule has 0 spiro atoms. The molecular formula is C33H57N3O. The molecule has 4 fully saturated rings.